The third kappa shape index (κ3) is 5.24. The lowest BCUT2D eigenvalue weighted by atomic mass is 9.98. The van der Waals surface area contributed by atoms with E-state index in [0.717, 1.165) is 22.1 Å². The molecule has 0 spiro atoms. The Morgan fingerprint density at radius 3 is 2.19 bits per heavy atom. The highest BCUT2D eigenvalue weighted by Crippen LogP contribution is 2.35. The van der Waals surface area contributed by atoms with Gasteiger partial charge in [0, 0.05) is 10.9 Å². The number of para-hydroxylation sites is 1. The summed E-state index contributed by atoms with van der Waals surface area (Å²) in [6.07, 6.45) is 0.0409. The van der Waals surface area contributed by atoms with Gasteiger partial charge in [0.25, 0.3) is 5.91 Å². The van der Waals surface area contributed by atoms with E-state index in [1.807, 2.05) is 104 Å². The smallest absolute Gasteiger partial charge is 0.252 e. The Labute approximate surface area is 215 Å². The topological polar surface area (TPSA) is 75.3 Å². The van der Waals surface area contributed by atoms with Crippen LogP contribution < -0.4 is 10.1 Å². The molecule has 5 aromatic rings. The number of nitrogens with zero attached hydrogens (tertiary/aromatic N) is 1. The maximum atomic E-state index is 13.4. The van der Waals surface area contributed by atoms with Gasteiger partial charge in [-0.25, -0.2) is 0 Å². The zero-order valence-electron chi connectivity index (χ0n) is 20.4. The number of nitrogens with one attached hydrogen (secondary N) is 1. The van der Waals surface area contributed by atoms with Crippen molar-refractivity contribution in [3.8, 4) is 23.1 Å². The van der Waals surface area contributed by atoms with Crippen LogP contribution in [0.3, 0.4) is 0 Å². The number of nitriles is 1. The molecular formula is C32H26N2O3. The summed E-state index contributed by atoms with van der Waals surface area (Å²) in [6.45, 7) is 1.91. The Kier molecular flexibility index (Phi) is 7.00. The molecule has 0 radical (unpaired) electrons. The molecule has 1 aromatic heterocycles. The molecule has 0 aliphatic heterocycles. The predicted molar refractivity (Wildman–Crippen MR) is 144 cm³/mol. The van der Waals surface area contributed by atoms with Crippen LogP contribution >= 0.6 is 0 Å². The number of furan rings is 1. The summed E-state index contributed by atoms with van der Waals surface area (Å²) in [5, 5.41) is 13.4. The van der Waals surface area contributed by atoms with Crippen molar-refractivity contribution in [3.63, 3.8) is 0 Å². The number of fused-ring (bicyclic) bond motifs is 1. The average Bonchev–Trinajstić information content (AvgIpc) is 3.39. The fourth-order valence-corrected chi connectivity index (χ4v) is 4.30. The number of ether oxygens (including phenoxy) is 1. The van der Waals surface area contributed by atoms with Crippen LogP contribution in [0.5, 0.6) is 5.75 Å². The highest BCUT2D eigenvalue weighted by Gasteiger charge is 2.19. The predicted octanol–water partition coefficient (Wildman–Crippen LogP) is 7.30. The van der Waals surface area contributed by atoms with Gasteiger partial charge in [0.15, 0.2) is 6.10 Å². The lowest BCUT2D eigenvalue weighted by molar-refractivity contribution is 0.0943. The van der Waals surface area contributed by atoms with E-state index in [1.165, 1.54) is 0 Å². The zero-order chi connectivity index (χ0) is 25.6. The molecule has 5 rings (SSSR count). The van der Waals surface area contributed by atoms with Gasteiger partial charge in [-0.05, 0) is 47.9 Å². The van der Waals surface area contributed by atoms with Crippen molar-refractivity contribution in [1.29, 1.82) is 5.26 Å². The van der Waals surface area contributed by atoms with Gasteiger partial charge >= 0.3 is 0 Å². The Morgan fingerprint density at radius 1 is 0.892 bits per heavy atom. The summed E-state index contributed by atoms with van der Waals surface area (Å²) in [4.78, 5) is 13.4. The van der Waals surface area contributed by atoms with E-state index >= 15 is 0 Å². The molecule has 182 valence electrons. The van der Waals surface area contributed by atoms with E-state index in [1.54, 1.807) is 12.1 Å². The number of rotatable bonds is 8. The zero-order valence-corrected chi connectivity index (χ0v) is 20.4. The van der Waals surface area contributed by atoms with Gasteiger partial charge in [0.05, 0.1) is 11.6 Å². The van der Waals surface area contributed by atoms with Crippen LogP contribution in [0.4, 0.5) is 0 Å². The number of hydrogen-bond donors (Lipinski definition) is 1. The third-order valence-electron chi connectivity index (χ3n) is 6.26. The number of hydrogen-bond acceptors (Lipinski definition) is 4. The SMILES string of the molecule is CCC(C#N)Oc1ccccc1-c1cc2ccc(C(=O)NC(c3ccccc3)c3ccccc3)cc2o1. The first-order valence-electron chi connectivity index (χ1n) is 12.3. The molecule has 0 fully saturated rings. The summed E-state index contributed by atoms with van der Waals surface area (Å²) in [6, 6.07) is 36.6. The first-order valence-corrected chi connectivity index (χ1v) is 12.3. The van der Waals surface area contributed by atoms with Gasteiger partial charge in [-0.2, -0.15) is 5.26 Å². The average molecular weight is 487 g/mol. The van der Waals surface area contributed by atoms with Gasteiger partial charge in [-0.15, -0.1) is 0 Å². The molecule has 0 aliphatic carbocycles. The van der Waals surface area contributed by atoms with Crippen LogP contribution in [0.15, 0.2) is 114 Å². The monoisotopic (exact) mass is 486 g/mol. The Bertz CT molecular complexity index is 1510. The van der Waals surface area contributed by atoms with E-state index in [2.05, 4.69) is 11.4 Å². The van der Waals surface area contributed by atoms with E-state index in [4.69, 9.17) is 9.15 Å². The van der Waals surface area contributed by atoms with E-state index in [0.29, 0.717) is 29.1 Å². The maximum Gasteiger partial charge on any atom is 0.252 e. The van der Waals surface area contributed by atoms with Crippen LogP contribution in [-0.2, 0) is 0 Å². The highest BCUT2D eigenvalue weighted by atomic mass is 16.5. The Balaban J connectivity index is 1.44. The highest BCUT2D eigenvalue weighted by molar-refractivity contribution is 5.98. The minimum absolute atomic E-state index is 0.193. The van der Waals surface area contributed by atoms with Crippen molar-refractivity contribution in [2.24, 2.45) is 0 Å². The maximum absolute atomic E-state index is 13.4. The van der Waals surface area contributed by atoms with Crippen LogP contribution in [0.25, 0.3) is 22.3 Å². The molecule has 1 heterocycles. The van der Waals surface area contributed by atoms with Crippen molar-refractivity contribution in [2.45, 2.75) is 25.5 Å². The number of carbonyl (C=O) groups is 1. The first kappa shape index (κ1) is 23.9. The summed E-state index contributed by atoms with van der Waals surface area (Å²) in [7, 11) is 0. The number of amides is 1. The van der Waals surface area contributed by atoms with Crippen LogP contribution in [0, 0.1) is 11.3 Å². The Hall–Kier alpha value is -4.82. The largest absolute Gasteiger partial charge is 0.475 e. The van der Waals surface area contributed by atoms with Crippen molar-refractivity contribution >= 4 is 16.9 Å². The third-order valence-corrected chi connectivity index (χ3v) is 6.26. The van der Waals surface area contributed by atoms with Crippen LogP contribution in [-0.4, -0.2) is 12.0 Å². The molecule has 0 saturated carbocycles. The number of carbonyl (C=O) groups excluding carboxylic acids is 1. The second-order valence-corrected chi connectivity index (χ2v) is 8.73. The van der Waals surface area contributed by atoms with Gasteiger partial charge in [-0.3, -0.25) is 4.79 Å². The second kappa shape index (κ2) is 10.8. The molecule has 5 nitrogen and oxygen atoms in total. The van der Waals surface area contributed by atoms with Gasteiger partial charge in [0.1, 0.15) is 23.2 Å². The molecule has 5 heteroatoms. The summed E-state index contributed by atoms with van der Waals surface area (Å²) in [5.74, 6) is 1.00. The lowest BCUT2D eigenvalue weighted by Gasteiger charge is -2.20. The molecule has 4 aromatic carbocycles. The molecular weight excluding hydrogens is 460 g/mol. The molecule has 1 atom stereocenters. The molecule has 0 saturated heterocycles. The summed E-state index contributed by atoms with van der Waals surface area (Å²) < 4.78 is 12.1. The van der Waals surface area contributed by atoms with Gasteiger partial charge in [0.2, 0.25) is 0 Å². The summed E-state index contributed by atoms with van der Waals surface area (Å²) in [5.41, 5.74) is 3.86. The molecule has 0 bridgehead atoms. The molecule has 1 unspecified atom stereocenters. The standard InChI is InChI=1S/C32H26N2O3/c1-2-26(21-33)36-28-16-10-9-15-27(28)30-19-24-17-18-25(20-29(24)37-30)32(35)34-31(22-11-5-3-6-12-22)23-13-7-4-8-14-23/h3-20,26,31H,2H2,1H3,(H,34,35). The first-order chi connectivity index (χ1) is 18.2. The Morgan fingerprint density at radius 2 is 1.54 bits per heavy atom. The van der Waals surface area contributed by atoms with Crippen molar-refractivity contribution in [1.82, 2.24) is 5.32 Å². The second-order valence-electron chi connectivity index (χ2n) is 8.73. The van der Waals surface area contributed by atoms with E-state index in [-0.39, 0.29) is 11.9 Å². The molecule has 37 heavy (non-hydrogen) atoms. The van der Waals surface area contributed by atoms with Crippen molar-refractivity contribution < 1.29 is 13.9 Å². The van der Waals surface area contributed by atoms with Gasteiger partial charge < -0.3 is 14.5 Å². The quantitative estimate of drug-likeness (QED) is 0.250. The minimum Gasteiger partial charge on any atom is -0.475 e. The fraction of sp³-hybridized carbons (Fsp3) is 0.125. The fourth-order valence-electron chi connectivity index (χ4n) is 4.30. The molecule has 1 N–H and O–H groups in total. The van der Waals surface area contributed by atoms with Crippen LogP contribution in [0.2, 0.25) is 0 Å². The minimum atomic E-state index is -0.539. The molecule has 0 aliphatic rings. The van der Waals surface area contributed by atoms with Crippen molar-refractivity contribution in [3.05, 3.63) is 126 Å². The van der Waals surface area contributed by atoms with E-state index in [9.17, 15) is 10.1 Å². The lowest BCUT2D eigenvalue weighted by Crippen LogP contribution is -2.29. The number of benzene rings is 4. The van der Waals surface area contributed by atoms with Crippen LogP contribution in [0.1, 0.15) is 40.9 Å². The van der Waals surface area contributed by atoms with Gasteiger partial charge in [-0.1, -0.05) is 85.8 Å². The summed E-state index contributed by atoms with van der Waals surface area (Å²) >= 11 is 0. The molecule has 1 amide bonds. The van der Waals surface area contributed by atoms with E-state index < -0.39 is 6.10 Å². The van der Waals surface area contributed by atoms with Crippen molar-refractivity contribution in [2.75, 3.05) is 0 Å². The normalized spacial score (nSPS) is 11.7.